The molecular formula is C21H23ClF2N2O. The monoisotopic (exact) mass is 392 g/mol. The summed E-state index contributed by atoms with van der Waals surface area (Å²) in [5, 5.41) is 3.68. The number of carbonyl (C=O) groups is 1. The minimum absolute atomic E-state index is 0.0453. The van der Waals surface area contributed by atoms with Gasteiger partial charge < -0.3 is 10.2 Å². The summed E-state index contributed by atoms with van der Waals surface area (Å²) in [6.45, 7) is 5.77. The maximum Gasteiger partial charge on any atom is 0.230 e. The minimum Gasteiger partial charge on any atom is -0.371 e. The number of nitrogens with one attached hydrogen (secondary N) is 1. The molecule has 0 radical (unpaired) electrons. The van der Waals surface area contributed by atoms with Crippen LogP contribution in [-0.2, 0) is 10.2 Å². The van der Waals surface area contributed by atoms with Gasteiger partial charge in [-0.2, -0.15) is 0 Å². The van der Waals surface area contributed by atoms with Crippen LogP contribution in [-0.4, -0.2) is 25.5 Å². The average molecular weight is 393 g/mol. The van der Waals surface area contributed by atoms with E-state index < -0.39 is 17.0 Å². The first-order valence-corrected chi connectivity index (χ1v) is 9.39. The van der Waals surface area contributed by atoms with E-state index in [-0.39, 0.29) is 11.8 Å². The van der Waals surface area contributed by atoms with Crippen molar-refractivity contribution in [3.8, 4) is 0 Å². The number of halogens is 3. The van der Waals surface area contributed by atoms with Crippen LogP contribution in [0, 0.1) is 17.6 Å². The lowest BCUT2D eigenvalue weighted by Crippen LogP contribution is -2.42. The van der Waals surface area contributed by atoms with E-state index in [0.29, 0.717) is 23.8 Å². The van der Waals surface area contributed by atoms with Crippen LogP contribution in [0.3, 0.4) is 0 Å². The summed E-state index contributed by atoms with van der Waals surface area (Å²) in [6.07, 6.45) is 0.890. The number of benzene rings is 2. The quantitative estimate of drug-likeness (QED) is 0.810. The van der Waals surface area contributed by atoms with E-state index in [1.54, 1.807) is 18.2 Å². The molecule has 3 rings (SSSR count). The first-order valence-electron chi connectivity index (χ1n) is 9.01. The highest BCUT2D eigenvalue weighted by Crippen LogP contribution is 2.27. The molecule has 1 saturated heterocycles. The molecule has 6 heteroatoms. The molecule has 0 saturated carbocycles. The SMILES string of the molecule is CC(C)(C(=O)NCC1CCN(c2ccc(F)c(F)c2)C1)c1ccc(Cl)cc1. The van der Waals surface area contributed by atoms with Gasteiger partial charge in [-0.15, -0.1) is 0 Å². The molecule has 0 bridgehead atoms. The second-order valence-corrected chi connectivity index (χ2v) is 7.98. The summed E-state index contributed by atoms with van der Waals surface area (Å²) < 4.78 is 26.5. The van der Waals surface area contributed by atoms with E-state index in [1.165, 1.54) is 6.07 Å². The van der Waals surface area contributed by atoms with Crippen molar-refractivity contribution < 1.29 is 13.6 Å². The van der Waals surface area contributed by atoms with Crippen LogP contribution in [0.25, 0.3) is 0 Å². The minimum atomic E-state index is -0.841. The fourth-order valence-electron chi connectivity index (χ4n) is 3.37. The molecule has 27 heavy (non-hydrogen) atoms. The Morgan fingerprint density at radius 2 is 1.89 bits per heavy atom. The third kappa shape index (κ3) is 4.41. The van der Waals surface area contributed by atoms with Crippen LogP contribution in [0.15, 0.2) is 42.5 Å². The maximum absolute atomic E-state index is 13.4. The molecule has 2 aromatic carbocycles. The first kappa shape index (κ1) is 19.6. The molecule has 1 aliphatic rings. The number of nitrogens with zero attached hydrogens (tertiary/aromatic N) is 1. The van der Waals surface area contributed by atoms with Gasteiger partial charge in [0.1, 0.15) is 0 Å². The van der Waals surface area contributed by atoms with E-state index in [9.17, 15) is 13.6 Å². The number of carbonyl (C=O) groups excluding carboxylic acids is 1. The van der Waals surface area contributed by atoms with Crippen molar-refractivity contribution in [3.63, 3.8) is 0 Å². The Morgan fingerprint density at radius 3 is 2.56 bits per heavy atom. The van der Waals surface area contributed by atoms with Gasteiger partial charge in [-0.1, -0.05) is 23.7 Å². The highest BCUT2D eigenvalue weighted by molar-refractivity contribution is 6.30. The molecule has 1 unspecified atom stereocenters. The number of anilines is 1. The maximum atomic E-state index is 13.4. The molecule has 0 spiro atoms. The van der Waals surface area contributed by atoms with Gasteiger partial charge in [-0.05, 0) is 56.0 Å². The summed E-state index contributed by atoms with van der Waals surface area (Å²) in [6, 6.07) is 11.2. The molecule has 1 heterocycles. The lowest BCUT2D eigenvalue weighted by Gasteiger charge is -2.25. The lowest BCUT2D eigenvalue weighted by molar-refractivity contribution is -0.125. The number of hydrogen-bond donors (Lipinski definition) is 1. The smallest absolute Gasteiger partial charge is 0.230 e. The van der Waals surface area contributed by atoms with Crippen molar-refractivity contribution in [2.24, 2.45) is 5.92 Å². The highest BCUT2D eigenvalue weighted by atomic mass is 35.5. The molecule has 3 nitrogen and oxygen atoms in total. The lowest BCUT2D eigenvalue weighted by atomic mass is 9.83. The second-order valence-electron chi connectivity index (χ2n) is 7.54. The standard InChI is InChI=1S/C21H23ClF2N2O/c1-21(2,15-3-5-16(22)6-4-15)20(27)25-12-14-9-10-26(13-14)17-7-8-18(23)19(24)11-17/h3-8,11,14H,9-10,12-13H2,1-2H3,(H,25,27). The van der Waals surface area contributed by atoms with E-state index in [1.807, 2.05) is 30.9 Å². The molecule has 1 amide bonds. The molecule has 1 aliphatic heterocycles. The number of rotatable bonds is 5. The van der Waals surface area contributed by atoms with E-state index >= 15 is 0 Å². The zero-order chi connectivity index (χ0) is 19.6. The number of amides is 1. The van der Waals surface area contributed by atoms with Crippen molar-refractivity contribution >= 4 is 23.2 Å². The zero-order valence-corrected chi connectivity index (χ0v) is 16.2. The van der Waals surface area contributed by atoms with Gasteiger partial charge in [0, 0.05) is 36.4 Å². The van der Waals surface area contributed by atoms with Crippen molar-refractivity contribution in [1.82, 2.24) is 5.32 Å². The summed E-state index contributed by atoms with van der Waals surface area (Å²) >= 11 is 5.92. The van der Waals surface area contributed by atoms with Crippen LogP contribution >= 0.6 is 11.6 Å². The van der Waals surface area contributed by atoms with Crippen molar-refractivity contribution in [2.45, 2.75) is 25.7 Å². The average Bonchev–Trinajstić information content (AvgIpc) is 3.11. The summed E-state index contributed by atoms with van der Waals surface area (Å²) in [5.41, 5.74) is 0.909. The molecule has 144 valence electrons. The third-order valence-corrected chi connectivity index (χ3v) is 5.49. The number of hydrogen-bond acceptors (Lipinski definition) is 2. The molecule has 1 atom stereocenters. The normalized spacial score (nSPS) is 17.2. The molecule has 0 aromatic heterocycles. The van der Waals surface area contributed by atoms with Gasteiger partial charge in [-0.25, -0.2) is 8.78 Å². The Bertz CT molecular complexity index is 823. The molecule has 0 aliphatic carbocycles. The Hall–Kier alpha value is -2.14. The van der Waals surface area contributed by atoms with Crippen LogP contribution in [0.4, 0.5) is 14.5 Å². The van der Waals surface area contributed by atoms with Crippen molar-refractivity contribution in [3.05, 3.63) is 64.7 Å². The Labute approximate surface area is 163 Å². The fourth-order valence-corrected chi connectivity index (χ4v) is 3.50. The van der Waals surface area contributed by atoms with Gasteiger partial charge >= 0.3 is 0 Å². The van der Waals surface area contributed by atoms with Crippen LogP contribution in [0.5, 0.6) is 0 Å². The van der Waals surface area contributed by atoms with Gasteiger partial charge in [0.25, 0.3) is 0 Å². The van der Waals surface area contributed by atoms with Gasteiger partial charge in [-0.3, -0.25) is 4.79 Å². The Balaban J connectivity index is 1.56. The van der Waals surface area contributed by atoms with Crippen molar-refractivity contribution in [1.29, 1.82) is 0 Å². The Kier molecular flexibility index (Phi) is 5.70. The Morgan fingerprint density at radius 1 is 1.19 bits per heavy atom. The molecular weight excluding hydrogens is 370 g/mol. The van der Waals surface area contributed by atoms with Crippen molar-refractivity contribution in [2.75, 3.05) is 24.5 Å². The summed E-state index contributed by atoms with van der Waals surface area (Å²) in [7, 11) is 0. The van der Waals surface area contributed by atoms with Crippen LogP contribution in [0.2, 0.25) is 5.02 Å². The molecule has 1 N–H and O–H groups in total. The first-order chi connectivity index (χ1) is 12.8. The van der Waals surface area contributed by atoms with Gasteiger partial charge in [0.15, 0.2) is 11.6 Å². The topological polar surface area (TPSA) is 32.3 Å². The largest absolute Gasteiger partial charge is 0.371 e. The van der Waals surface area contributed by atoms with Gasteiger partial charge in [0.2, 0.25) is 5.91 Å². The molecule has 1 fully saturated rings. The zero-order valence-electron chi connectivity index (χ0n) is 15.4. The predicted octanol–water partition coefficient (Wildman–Crippen LogP) is 4.54. The van der Waals surface area contributed by atoms with E-state index in [2.05, 4.69) is 5.32 Å². The fraction of sp³-hybridized carbons (Fsp3) is 0.381. The van der Waals surface area contributed by atoms with Gasteiger partial charge in [0.05, 0.1) is 5.41 Å². The second kappa shape index (κ2) is 7.85. The highest BCUT2D eigenvalue weighted by Gasteiger charge is 2.31. The molecule has 2 aromatic rings. The van der Waals surface area contributed by atoms with E-state index in [0.717, 1.165) is 24.6 Å². The summed E-state index contributed by atoms with van der Waals surface area (Å²) in [4.78, 5) is 14.7. The van der Waals surface area contributed by atoms with E-state index in [4.69, 9.17) is 11.6 Å². The summed E-state index contributed by atoms with van der Waals surface area (Å²) in [5.74, 6) is -1.46. The van der Waals surface area contributed by atoms with Crippen LogP contribution < -0.4 is 10.2 Å². The van der Waals surface area contributed by atoms with Crippen LogP contribution in [0.1, 0.15) is 25.8 Å². The third-order valence-electron chi connectivity index (χ3n) is 5.24. The predicted molar refractivity (Wildman–Crippen MR) is 104 cm³/mol.